The van der Waals surface area contributed by atoms with Crippen LogP contribution >= 0.6 is 0 Å². The highest BCUT2D eigenvalue weighted by Crippen LogP contribution is 2.58. The summed E-state index contributed by atoms with van der Waals surface area (Å²) in [5.74, 6) is -4.60. The number of carbonyl (C=O) groups is 5. The summed E-state index contributed by atoms with van der Waals surface area (Å²) in [6.07, 6.45) is 0.940. The number of esters is 3. The zero-order chi connectivity index (χ0) is 26.3. The van der Waals surface area contributed by atoms with Gasteiger partial charge in [0.05, 0.1) is 26.1 Å². The summed E-state index contributed by atoms with van der Waals surface area (Å²) in [5, 5.41) is 0. The van der Waals surface area contributed by atoms with E-state index in [1.165, 1.54) is 35.0 Å². The summed E-state index contributed by atoms with van der Waals surface area (Å²) in [6.45, 7) is 3.57. The van der Waals surface area contributed by atoms with Gasteiger partial charge in [-0.05, 0) is 24.3 Å². The molecule has 0 fully saturated rings. The Morgan fingerprint density at radius 1 is 0.722 bits per heavy atom. The molecule has 0 aliphatic heterocycles. The molecule has 1 aromatic rings. The number of allylic oxidation sites excluding steroid dienone is 2. The topological polar surface area (TPSA) is 132 Å². The minimum atomic E-state index is -1.25. The van der Waals surface area contributed by atoms with E-state index in [1.54, 1.807) is 12.1 Å². The van der Waals surface area contributed by atoms with Crippen molar-refractivity contribution in [3.63, 3.8) is 0 Å². The molecule has 0 amide bonds. The number of rotatable bonds is 5. The molecule has 0 aromatic heterocycles. The Kier molecular flexibility index (Phi) is 6.53. The van der Waals surface area contributed by atoms with E-state index in [-0.39, 0.29) is 11.1 Å². The Morgan fingerprint density at radius 3 is 1.64 bits per heavy atom. The molecule has 0 bridgehead atoms. The predicted molar refractivity (Wildman–Crippen MR) is 123 cm³/mol. The summed E-state index contributed by atoms with van der Waals surface area (Å²) in [7, 11) is 2.87. The molecular formula is C26H24O10. The second-order valence-electron chi connectivity index (χ2n) is 8.44. The van der Waals surface area contributed by atoms with Crippen molar-refractivity contribution in [2.24, 2.45) is 11.8 Å². The second-order valence-corrected chi connectivity index (χ2v) is 8.44. The van der Waals surface area contributed by atoms with Gasteiger partial charge >= 0.3 is 17.9 Å². The van der Waals surface area contributed by atoms with E-state index in [0.717, 1.165) is 18.4 Å². The van der Waals surface area contributed by atoms with Crippen LogP contribution in [0.4, 0.5) is 0 Å². The van der Waals surface area contributed by atoms with Gasteiger partial charge in [-0.1, -0.05) is 0 Å². The minimum Gasteiger partial charge on any atom is -0.496 e. The quantitative estimate of drug-likeness (QED) is 0.339. The van der Waals surface area contributed by atoms with Crippen LogP contribution in [0.2, 0.25) is 0 Å². The molecule has 0 saturated heterocycles. The minimum absolute atomic E-state index is 0.258. The normalized spacial score (nSPS) is 25.1. The Balaban J connectivity index is 2.14. The zero-order valence-electron chi connectivity index (χ0n) is 20.3. The lowest BCUT2D eigenvalue weighted by Gasteiger charge is -2.42. The van der Waals surface area contributed by atoms with Crippen molar-refractivity contribution in [3.05, 3.63) is 47.2 Å². The van der Waals surface area contributed by atoms with Crippen molar-refractivity contribution in [2.75, 3.05) is 14.2 Å². The molecule has 0 heterocycles. The number of benzene rings is 1. The summed E-state index contributed by atoms with van der Waals surface area (Å²) >= 11 is 0. The number of fused-ring (bicyclic) bond motifs is 3. The Bertz CT molecular complexity index is 1280. The van der Waals surface area contributed by atoms with Crippen LogP contribution in [0.15, 0.2) is 36.1 Å². The van der Waals surface area contributed by atoms with Crippen LogP contribution in [0.5, 0.6) is 11.5 Å². The van der Waals surface area contributed by atoms with Gasteiger partial charge in [-0.15, -0.1) is 0 Å². The number of hydrogen-bond donors (Lipinski definition) is 0. The van der Waals surface area contributed by atoms with Crippen LogP contribution in [0, 0.1) is 11.8 Å². The first kappa shape index (κ1) is 24.9. The molecule has 36 heavy (non-hydrogen) atoms. The van der Waals surface area contributed by atoms with Gasteiger partial charge in [0.2, 0.25) is 0 Å². The summed E-state index contributed by atoms with van der Waals surface area (Å²) in [4.78, 5) is 62.4. The maximum Gasteiger partial charge on any atom is 0.307 e. The van der Waals surface area contributed by atoms with Crippen molar-refractivity contribution in [3.8, 4) is 11.5 Å². The van der Waals surface area contributed by atoms with E-state index in [0.29, 0.717) is 28.2 Å². The smallest absolute Gasteiger partial charge is 0.307 e. The van der Waals surface area contributed by atoms with Crippen molar-refractivity contribution >= 4 is 40.6 Å². The molecule has 4 rings (SSSR count). The lowest BCUT2D eigenvalue weighted by molar-refractivity contribution is -0.160. The number of carbonyl (C=O) groups excluding carboxylic acids is 5. The first-order valence-corrected chi connectivity index (χ1v) is 11.1. The predicted octanol–water partition coefficient (Wildman–Crippen LogP) is 2.19. The number of ether oxygens (including phenoxy) is 5. The van der Waals surface area contributed by atoms with Gasteiger partial charge in [-0.2, -0.15) is 0 Å². The third-order valence-corrected chi connectivity index (χ3v) is 6.29. The maximum atomic E-state index is 13.1. The van der Waals surface area contributed by atoms with Crippen molar-refractivity contribution in [2.45, 2.75) is 33.0 Å². The maximum absolute atomic E-state index is 13.1. The second kappa shape index (κ2) is 9.44. The molecule has 0 spiro atoms. The van der Waals surface area contributed by atoms with E-state index in [4.69, 9.17) is 23.7 Å². The fraction of sp³-hybridized carbons (Fsp3) is 0.346. The summed E-state index contributed by atoms with van der Waals surface area (Å²) < 4.78 is 27.7. The van der Waals surface area contributed by atoms with Crippen LogP contribution in [0.25, 0.3) is 11.1 Å². The van der Waals surface area contributed by atoms with E-state index in [1.807, 2.05) is 0 Å². The van der Waals surface area contributed by atoms with Gasteiger partial charge in [-0.3, -0.25) is 24.0 Å². The van der Waals surface area contributed by atoms with Crippen LogP contribution in [0.1, 0.15) is 31.9 Å². The molecule has 10 nitrogen and oxygen atoms in total. The lowest BCUT2D eigenvalue weighted by atomic mass is 9.66. The molecular weight excluding hydrogens is 472 g/mol. The number of hydrogen-bond acceptors (Lipinski definition) is 10. The largest absolute Gasteiger partial charge is 0.496 e. The highest BCUT2D eigenvalue weighted by molar-refractivity contribution is 6.14. The molecule has 4 atom stereocenters. The average molecular weight is 496 g/mol. The molecule has 0 saturated carbocycles. The Morgan fingerprint density at radius 2 is 1.19 bits per heavy atom. The van der Waals surface area contributed by atoms with Crippen molar-refractivity contribution < 1.29 is 47.7 Å². The van der Waals surface area contributed by atoms with Crippen molar-refractivity contribution in [1.82, 2.24) is 0 Å². The monoisotopic (exact) mass is 496 g/mol. The fourth-order valence-electron chi connectivity index (χ4n) is 5.12. The van der Waals surface area contributed by atoms with Crippen LogP contribution in [0.3, 0.4) is 0 Å². The Hall–Kier alpha value is -4.21. The number of ketones is 2. The average Bonchev–Trinajstić information content (AvgIpc) is 3.16. The molecule has 3 aliphatic carbocycles. The van der Waals surface area contributed by atoms with Gasteiger partial charge in [0, 0.05) is 48.6 Å². The fourth-order valence-corrected chi connectivity index (χ4v) is 5.12. The van der Waals surface area contributed by atoms with E-state index >= 15 is 0 Å². The number of methoxy groups -OCH3 is 2. The van der Waals surface area contributed by atoms with Gasteiger partial charge in [0.15, 0.2) is 11.6 Å². The molecule has 188 valence electrons. The molecule has 1 aromatic carbocycles. The van der Waals surface area contributed by atoms with Crippen LogP contribution in [-0.4, -0.2) is 55.9 Å². The standard InChI is InChI=1S/C26H24O10/c1-11(27)34-10-14-19-17(32-4)8-9-18(33-5)23(19)24-20(14)25(35-12(2)28)21-15(30)6-7-16(31)22(21)26(24)36-13(3)29/h6-10,21-22,25-26H,1-5H3/b14-10-/t21-,22+,25+,26-/m0/s1. The van der Waals surface area contributed by atoms with Crippen molar-refractivity contribution in [1.29, 1.82) is 0 Å². The molecule has 0 unspecified atom stereocenters. The van der Waals surface area contributed by atoms with Crippen LogP contribution in [-0.2, 0) is 38.2 Å². The third-order valence-electron chi connectivity index (χ3n) is 6.29. The first-order valence-electron chi connectivity index (χ1n) is 11.1. The van der Waals surface area contributed by atoms with E-state index in [2.05, 4.69) is 0 Å². The molecule has 0 N–H and O–H groups in total. The molecule has 10 heteroatoms. The highest BCUT2D eigenvalue weighted by atomic mass is 16.6. The van der Waals surface area contributed by atoms with Crippen LogP contribution < -0.4 is 9.47 Å². The van der Waals surface area contributed by atoms with Gasteiger partial charge in [0.1, 0.15) is 30.0 Å². The van der Waals surface area contributed by atoms with Gasteiger partial charge in [-0.25, -0.2) is 0 Å². The van der Waals surface area contributed by atoms with E-state index < -0.39 is 53.5 Å². The summed E-state index contributed by atoms with van der Waals surface area (Å²) in [5.41, 5.74) is 1.64. The molecule has 3 aliphatic rings. The Labute approximate surface area is 206 Å². The molecule has 0 radical (unpaired) electrons. The SMILES string of the molecule is COc1ccc(OC)c2c1C1=C(/C2=C\OC(C)=O)[C@@H](OC(C)=O)[C@H]2C(=O)C=CC(=O)[C@H]2[C@@H]1OC(C)=O. The third kappa shape index (κ3) is 3.98. The van der Waals surface area contributed by atoms with Gasteiger partial charge in [0.25, 0.3) is 0 Å². The zero-order valence-corrected chi connectivity index (χ0v) is 20.3. The van der Waals surface area contributed by atoms with Gasteiger partial charge < -0.3 is 23.7 Å². The van der Waals surface area contributed by atoms with E-state index in [9.17, 15) is 24.0 Å². The highest BCUT2D eigenvalue weighted by Gasteiger charge is 2.57. The first-order chi connectivity index (χ1) is 17.1. The lowest BCUT2D eigenvalue weighted by Crippen LogP contribution is -2.52. The summed E-state index contributed by atoms with van der Waals surface area (Å²) in [6, 6.07) is 3.26.